The van der Waals surface area contributed by atoms with Crippen molar-refractivity contribution in [2.45, 2.75) is 45.6 Å². The smallest absolute Gasteiger partial charge is 0.0521 e. The highest BCUT2D eigenvalue weighted by molar-refractivity contribution is 5.04. The highest BCUT2D eigenvalue weighted by Gasteiger charge is 2.13. The van der Waals surface area contributed by atoms with Gasteiger partial charge >= 0.3 is 0 Å². The molecule has 3 nitrogen and oxygen atoms in total. The number of piperidine rings is 1. The van der Waals surface area contributed by atoms with E-state index in [9.17, 15) is 0 Å². The molecule has 90 valence electrons. The second kappa shape index (κ2) is 5.48. The van der Waals surface area contributed by atoms with E-state index >= 15 is 0 Å². The van der Waals surface area contributed by atoms with Crippen LogP contribution in [0.3, 0.4) is 0 Å². The van der Waals surface area contributed by atoms with Crippen molar-refractivity contribution in [1.29, 1.82) is 0 Å². The summed E-state index contributed by atoms with van der Waals surface area (Å²) in [6.45, 7) is 6.75. The molecule has 0 atom stereocenters. The molecule has 1 aliphatic heterocycles. The van der Waals surface area contributed by atoms with Gasteiger partial charge in [-0.05, 0) is 64.1 Å². The number of nitrogens with one attached hydrogen (secondary N) is 1. The van der Waals surface area contributed by atoms with E-state index < -0.39 is 0 Å². The van der Waals surface area contributed by atoms with Crippen molar-refractivity contribution in [3.05, 3.63) is 18.0 Å². The monoisotopic (exact) mass is 221 g/mol. The topological polar surface area (TPSA) is 29.9 Å². The highest BCUT2D eigenvalue weighted by atomic mass is 15.3. The second-order valence-electron chi connectivity index (χ2n) is 5.15. The number of rotatable bonds is 4. The van der Waals surface area contributed by atoms with E-state index in [0.717, 1.165) is 5.92 Å². The maximum absolute atomic E-state index is 4.38. The number of aromatic nitrogens is 2. The first-order chi connectivity index (χ1) is 7.75. The number of hydrogen-bond donors (Lipinski definition) is 1. The van der Waals surface area contributed by atoms with Crippen LogP contribution in [0.1, 0.15) is 44.7 Å². The summed E-state index contributed by atoms with van der Waals surface area (Å²) in [5.41, 5.74) is 1.40. The summed E-state index contributed by atoms with van der Waals surface area (Å²) in [4.78, 5) is 0. The number of hydrogen-bond acceptors (Lipinski definition) is 2. The van der Waals surface area contributed by atoms with Crippen molar-refractivity contribution in [2.24, 2.45) is 5.92 Å². The zero-order chi connectivity index (χ0) is 11.4. The van der Waals surface area contributed by atoms with Gasteiger partial charge in [0.25, 0.3) is 0 Å². The second-order valence-corrected chi connectivity index (χ2v) is 5.15. The van der Waals surface area contributed by atoms with Crippen molar-refractivity contribution in [1.82, 2.24) is 15.1 Å². The molecule has 1 aromatic rings. The largest absolute Gasteiger partial charge is 0.317 e. The average molecular weight is 221 g/mol. The van der Waals surface area contributed by atoms with Crippen LogP contribution in [0.25, 0.3) is 0 Å². The lowest BCUT2D eigenvalue weighted by Crippen LogP contribution is -2.27. The molecule has 0 spiro atoms. The van der Waals surface area contributed by atoms with Crippen LogP contribution >= 0.6 is 0 Å². The molecule has 0 aliphatic carbocycles. The molecule has 0 aromatic carbocycles. The summed E-state index contributed by atoms with van der Waals surface area (Å²) in [7, 11) is 0. The Labute approximate surface area is 98.2 Å². The van der Waals surface area contributed by atoms with E-state index in [4.69, 9.17) is 0 Å². The minimum Gasteiger partial charge on any atom is -0.317 e. The molecule has 0 bridgehead atoms. The predicted octanol–water partition coefficient (Wildman–Crippen LogP) is 2.40. The Kier molecular flexibility index (Phi) is 3.99. The van der Waals surface area contributed by atoms with Gasteiger partial charge in [-0.3, -0.25) is 4.68 Å². The van der Waals surface area contributed by atoms with E-state index in [1.807, 2.05) is 6.20 Å². The SMILES string of the molecule is CC(C)n1cc(CCC2CCNCC2)cn1. The zero-order valence-electron chi connectivity index (χ0n) is 10.4. The zero-order valence-corrected chi connectivity index (χ0v) is 10.4. The molecule has 1 N–H and O–H groups in total. The molecule has 0 saturated carbocycles. The number of nitrogens with zero attached hydrogens (tertiary/aromatic N) is 2. The predicted molar refractivity (Wildman–Crippen MR) is 66.5 cm³/mol. The first kappa shape index (κ1) is 11.6. The summed E-state index contributed by atoms with van der Waals surface area (Å²) in [5.74, 6) is 0.920. The van der Waals surface area contributed by atoms with Crippen LogP contribution in [0.15, 0.2) is 12.4 Å². The molecule has 2 heterocycles. The van der Waals surface area contributed by atoms with Gasteiger partial charge in [-0.15, -0.1) is 0 Å². The molecule has 1 aliphatic rings. The minimum atomic E-state index is 0.479. The van der Waals surface area contributed by atoms with E-state index in [2.05, 4.69) is 35.1 Å². The van der Waals surface area contributed by atoms with Gasteiger partial charge in [0.05, 0.1) is 6.20 Å². The van der Waals surface area contributed by atoms with E-state index in [1.54, 1.807) is 0 Å². The maximum Gasteiger partial charge on any atom is 0.0521 e. The molecule has 1 saturated heterocycles. The average Bonchev–Trinajstić information content (AvgIpc) is 2.76. The van der Waals surface area contributed by atoms with Crippen LogP contribution < -0.4 is 5.32 Å². The number of aryl methyl sites for hydroxylation is 1. The third-order valence-electron chi connectivity index (χ3n) is 3.48. The fourth-order valence-corrected chi connectivity index (χ4v) is 2.33. The van der Waals surface area contributed by atoms with Crippen LogP contribution in [0.4, 0.5) is 0 Å². The summed E-state index contributed by atoms with van der Waals surface area (Å²) in [5, 5.41) is 7.80. The van der Waals surface area contributed by atoms with Gasteiger partial charge in [-0.1, -0.05) is 0 Å². The molecular weight excluding hydrogens is 198 g/mol. The summed E-state index contributed by atoms with van der Waals surface area (Å²) in [6, 6.07) is 0.479. The first-order valence-electron chi connectivity index (χ1n) is 6.49. The van der Waals surface area contributed by atoms with Crippen LogP contribution in [0.2, 0.25) is 0 Å². The maximum atomic E-state index is 4.38. The van der Waals surface area contributed by atoms with E-state index in [-0.39, 0.29) is 0 Å². The Morgan fingerprint density at radius 2 is 2.19 bits per heavy atom. The highest BCUT2D eigenvalue weighted by Crippen LogP contribution is 2.18. The first-order valence-corrected chi connectivity index (χ1v) is 6.49. The quantitative estimate of drug-likeness (QED) is 0.846. The molecule has 0 amide bonds. The van der Waals surface area contributed by atoms with Crippen molar-refractivity contribution >= 4 is 0 Å². The van der Waals surface area contributed by atoms with Crippen molar-refractivity contribution < 1.29 is 0 Å². The van der Waals surface area contributed by atoms with Gasteiger partial charge in [0.15, 0.2) is 0 Å². The van der Waals surface area contributed by atoms with Crippen LogP contribution in [0, 0.1) is 5.92 Å². The van der Waals surface area contributed by atoms with Crippen molar-refractivity contribution in [3.63, 3.8) is 0 Å². The lowest BCUT2D eigenvalue weighted by atomic mass is 9.92. The Balaban J connectivity index is 1.79. The van der Waals surface area contributed by atoms with Crippen molar-refractivity contribution in [2.75, 3.05) is 13.1 Å². The molecule has 1 fully saturated rings. The molecule has 16 heavy (non-hydrogen) atoms. The fraction of sp³-hybridized carbons (Fsp3) is 0.769. The minimum absolute atomic E-state index is 0.479. The molecular formula is C13H23N3. The molecule has 3 heteroatoms. The van der Waals surface area contributed by atoms with Gasteiger partial charge in [0.1, 0.15) is 0 Å². The molecule has 0 radical (unpaired) electrons. The summed E-state index contributed by atoms with van der Waals surface area (Å²) < 4.78 is 2.05. The van der Waals surface area contributed by atoms with Gasteiger partial charge in [0, 0.05) is 12.2 Å². The van der Waals surface area contributed by atoms with Gasteiger partial charge in [-0.25, -0.2) is 0 Å². The molecule has 1 aromatic heterocycles. The van der Waals surface area contributed by atoms with Crippen LogP contribution in [0.5, 0.6) is 0 Å². The van der Waals surface area contributed by atoms with Crippen molar-refractivity contribution in [3.8, 4) is 0 Å². The summed E-state index contributed by atoms with van der Waals surface area (Å²) in [6.07, 6.45) is 9.44. The van der Waals surface area contributed by atoms with E-state index in [0.29, 0.717) is 6.04 Å². The van der Waals surface area contributed by atoms with E-state index in [1.165, 1.54) is 44.3 Å². The fourth-order valence-electron chi connectivity index (χ4n) is 2.33. The lowest BCUT2D eigenvalue weighted by Gasteiger charge is -2.22. The van der Waals surface area contributed by atoms with Crippen LogP contribution in [-0.2, 0) is 6.42 Å². The molecule has 0 unspecified atom stereocenters. The third kappa shape index (κ3) is 3.08. The summed E-state index contributed by atoms with van der Waals surface area (Å²) >= 11 is 0. The Morgan fingerprint density at radius 1 is 1.44 bits per heavy atom. The van der Waals surface area contributed by atoms with Gasteiger partial charge in [-0.2, -0.15) is 5.10 Å². The lowest BCUT2D eigenvalue weighted by molar-refractivity contribution is 0.354. The van der Waals surface area contributed by atoms with Gasteiger partial charge < -0.3 is 5.32 Å². The normalized spacial score (nSPS) is 18.2. The Morgan fingerprint density at radius 3 is 2.81 bits per heavy atom. The van der Waals surface area contributed by atoms with Crippen LogP contribution in [-0.4, -0.2) is 22.9 Å². The van der Waals surface area contributed by atoms with Gasteiger partial charge in [0.2, 0.25) is 0 Å². The standard InChI is InChI=1S/C13H23N3/c1-11(2)16-10-13(9-15-16)4-3-12-5-7-14-8-6-12/h9-12,14H,3-8H2,1-2H3. The Hall–Kier alpha value is -0.830. The molecule has 2 rings (SSSR count). The third-order valence-corrected chi connectivity index (χ3v) is 3.48. The Bertz CT molecular complexity index is 311.